The van der Waals surface area contributed by atoms with Gasteiger partial charge in [0.2, 0.25) is 0 Å². The Hall–Kier alpha value is -1.06. The molecular formula is C16H27NO2. The summed E-state index contributed by atoms with van der Waals surface area (Å²) in [7, 11) is 3.66. The Bertz CT molecular complexity index is 402. The SMILES string of the molecule is CCC(C)(C)OCc1cc(C(C)NC)ccc1OC. The van der Waals surface area contributed by atoms with E-state index < -0.39 is 0 Å². The lowest BCUT2D eigenvalue weighted by molar-refractivity contribution is -0.0322. The summed E-state index contributed by atoms with van der Waals surface area (Å²) in [6.45, 7) is 9.08. The number of rotatable bonds is 7. The molecule has 0 saturated carbocycles. The highest BCUT2D eigenvalue weighted by atomic mass is 16.5. The molecule has 1 rings (SSSR count). The van der Waals surface area contributed by atoms with Gasteiger partial charge in [-0.05, 0) is 51.9 Å². The van der Waals surface area contributed by atoms with E-state index in [2.05, 4.69) is 45.1 Å². The Balaban J connectivity index is 2.90. The second-order valence-electron chi connectivity index (χ2n) is 5.48. The van der Waals surface area contributed by atoms with Crippen LogP contribution in [0.3, 0.4) is 0 Å². The van der Waals surface area contributed by atoms with Crippen LogP contribution in [-0.2, 0) is 11.3 Å². The maximum absolute atomic E-state index is 5.98. The molecule has 3 nitrogen and oxygen atoms in total. The molecule has 1 N–H and O–H groups in total. The van der Waals surface area contributed by atoms with Crippen LogP contribution < -0.4 is 10.1 Å². The topological polar surface area (TPSA) is 30.5 Å². The largest absolute Gasteiger partial charge is 0.496 e. The van der Waals surface area contributed by atoms with Crippen molar-refractivity contribution >= 4 is 0 Å². The van der Waals surface area contributed by atoms with E-state index in [1.165, 1.54) is 5.56 Å². The van der Waals surface area contributed by atoms with Crippen LogP contribution in [0.5, 0.6) is 5.75 Å². The van der Waals surface area contributed by atoms with Gasteiger partial charge in [-0.25, -0.2) is 0 Å². The molecule has 3 heteroatoms. The number of hydrogen-bond donors (Lipinski definition) is 1. The Morgan fingerprint density at radius 3 is 2.53 bits per heavy atom. The minimum Gasteiger partial charge on any atom is -0.496 e. The van der Waals surface area contributed by atoms with Gasteiger partial charge in [0.15, 0.2) is 0 Å². The molecule has 19 heavy (non-hydrogen) atoms. The van der Waals surface area contributed by atoms with Crippen LogP contribution in [0.25, 0.3) is 0 Å². The first-order valence-electron chi connectivity index (χ1n) is 6.91. The summed E-state index contributed by atoms with van der Waals surface area (Å²) >= 11 is 0. The number of benzene rings is 1. The highest BCUT2D eigenvalue weighted by molar-refractivity contribution is 5.38. The lowest BCUT2D eigenvalue weighted by Crippen LogP contribution is -2.23. The second-order valence-corrected chi connectivity index (χ2v) is 5.48. The number of hydrogen-bond acceptors (Lipinski definition) is 3. The van der Waals surface area contributed by atoms with Crippen LogP contribution in [0.4, 0.5) is 0 Å². The number of methoxy groups -OCH3 is 1. The molecule has 0 amide bonds. The van der Waals surface area contributed by atoms with Gasteiger partial charge in [0.05, 0.1) is 19.3 Å². The molecule has 0 bridgehead atoms. The van der Waals surface area contributed by atoms with Crippen molar-refractivity contribution in [2.24, 2.45) is 0 Å². The number of ether oxygens (including phenoxy) is 2. The predicted molar refractivity (Wildman–Crippen MR) is 79.6 cm³/mol. The lowest BCUT2D eigenvalue weighted by atomic mass is 10.0. The zero-order valence-corrected chi connectivity index (χ0v) is 13.0. The van der Waals surface area contributed by atoms with Crippen molar-refractivity contribution in [2.75, 3.05) is 14.2 Å². The third-order valence-electron chi connectivity index (χ3n) is 3.71. The molecule has 0 spiro atoms. The van der Waals surface area contributed by atoms with E-state index in [4.69, 9.17) is 9.47 Å². The first-order chi connectivity index (χ1) is 8.93. The zero-order chi connectivity index (χ0) is 14.5. The van der Waals surface area contributed by atoms with Gasteiger partial charge in [-0.1, -0.05) is 13.0 Å². The standard InChI is InChI=1S/C16H27NO2/c1-7-16(3,4)19-11-14-10-13(12(2)17-5)8-9-15(14)18-6/h8-10,12,17H,7,11H2,1-6H3. The molecule has 0 heterocycles. The minimum absolute atomic E-state index is 0.102. The third kappa shape index (κ3) is 4.51. The molecule has 1 unspecified atom stereocenters. The van der Waals surface area contributed by atoms with Crippen LogP contribution >= 0.6 is 0 Å². The normalized spacial score (nSPS) is 13.4. The van der Waals surface area contributed by atoms with Crippen LogP contribution in [-0.4, -0.2) is 19.8 Å². The first kappa shape index (κ1) is 16.0. The van der Waals surface area contributed by atoms with Crippen LogP contribution in [0.15, 0.2) is 18.2 Å². The molecule has 0 fully saturated rings. The zero-order valence-electron chi connectivity index (χ0n) is 13.0. The molecular weight excluding hydrogens is 238 g/mol. The van der Waals surface area contributed by atoms with E-state index in [1.807, 2.05) is 13.1 Å². The molecule has 1 aromatic carbocycles. The summed E-state index contributed by atoms with van der Waals surface area (Å²) in [5.41, 5.74) is 2.25. The van der Waals surface area contributed by atoms with E-state index in [0.717, 1.165) is 17.7 Å². The van der Waals surface area contributed by atoms with E-state index in [9.17, 15) is 0 Å². The smallest absolute Gasteiger partial charge is 0.124 e. The predicted octanol–water partition coefficient (Wildman–Crippen LogP) is 3.68. The van der Waals surface area contributed by atoms with Crippen molar-refractivity contribution in [3.63, 3.8) is 0 Å². The third-order valence-corrected chi connectivity index (χ3v) is 3.71. The van der Waals surface area contributed by atoms with Gasteiger partial charge in [-0.2, -0.15) is 0 Å². The minimum atomic E-state index is -0.102. The first-order valence-corrected chi connectivity index (χ1v) is 6.91. The summed E-state index contributed by atoms with van der Waals surface area (Å²) in [6, 6.07) is 6.59. The Morgan fingerprint density at radius 1 is 1.32 bits per heavy atom. The van der Waals surface area contributed by atoms with Gasteiger partial charge in [0.25, 0.3) is 0 Å². The Labute approximate surface area is 117 Å². The molecule has 0 aliphatic heterocycles. The summed E-state index contributed by atoms with van der Waals surface area (Å²) in [5.74, 6) is 0.888. The average Bonchev–Trinajstić information content (AvgIpc) is 2.44. The summed E-state index contributed by atoms with van der Waals surface area (Å²) in [4.78, 5) is 0. The fraction of sp³-hybridized carbons (Fsp3) is 0.625. The van der Waals surface area contributed by atoms with Gasteiger partial charge in [-0.3, -0.25) is 0 Å². The van der Waals surface area contributed by atoms with E-state index >= 15 is 0 Å². The van der Waals surface area contributed by atoms with Gasteiger partial charge < -0.3 is 14.8 Å². The Morgan fingerprint density at radius 2 is 2.00 bits per heavy atom. The molecule has 0 aromatic heterocycles. The monoisotopic (exact) mass is 265 g/mol. The van der Waals surface area contributed by atoms with Crippen LogP contribution in [0.1, 0.15) is 51.3 Å². The van der Waals surface area contributed by atoms with E-state index in [-0.39, 0.29) is 5.60 Å². The summed E-state index contributed by atoms with van der Waals surface area (Å²) in [5, 5.41) is 3.25. The van der Waals surface area contributed by atoms with Crippen molar-refractivity contribution < 1.29 is 9.47 Å². The van der Waals surface area contributed by atoms with Crippen molar-refractivity contribution in [1.82, 2.24) is 5.32 Å². The van der Waals surface area contributed by atoms with Gasteiger partial charge in [-0.15, -0.1) is 0 Å². The molecule has 108 valence electrons. The van der Waals surface area contributed by atoms with Crippen LogP contribution in [0, 0.1) is 0 Å². The van der Waals surface area contributed by atoms with Gasteiger partial charge in [0.1, 0.15) is 5.75 Å². The van der Waals surface area contributed by atoms with E-state index in [1.54, 1.807) is 7.11 Å². The van der Waals surface area contributed by atoms with Gasteiger partial charge in [0, 0.05) is 11.6 Å². The number of nitrogens with one attached hydrogen (secondary N) is 1. The van der Waals surface area contributed by atoms with E-state index in [0.29, 0.717) is 12.6 Å². The fourth-order valence-corrected chi connectivity index (χ4v) is 1.72. The molecule has 0 radical (unpaired) electrons. The van der Waals surface area contributed by atoms with Crippen molar-refractivity contribution in [1.29, 1.82) is 0 Å². The maximum atomic E-state index is 5.98. The highest BCUT2D eigenvalue weighted by Crippen LogP contribution is 2.26. The quantitative estimate of drug-likeness (QED) is 0.815. The Kier molecular flexibility index (Phi) is 5.83. The molecule has 1 aromatic rings. The average molecular weight is 265 g/mol. The van der Waals surface area contributed by atoms with Crippen molar-refractivity contribution in [3.05, 3.63) is 29.3 Å². The molecule has 1 atom stereocenters. The van der Waals surface area contributed by atoms with Gasteiger partial charge >= 0.3 is 0 Å². The fourth-order valence-electron chi connectivity index (χ4n) is 1.72. The van der Waals surface area contributed by atoms with Crippen molar-refractivity contribution in [2.45, 2.75) is 52.4 Å². The lowest BCUT2D eigenvalue weighted by Gasteiger charge is -2.24. The summed E-state index contributed by atoms with van der Waals surface area (Å²) in [6.07, 6.45) is 0.988. The molecule has 0 saturated heterocycles. The second kappa shape index (κ2) is 6.92. The summed E-state index contributed by atoms with van der Waals surface area (Å²) < 4.78 is 11.4. The molecule has 0 aliphatic carbocycles. The maximum Gasteiger partial charge on any atom is 0.124 e. The highest BCUT2D eigenvalue weighted by Gasteiger charge is 2.17. The van der Waals surface area contributed by atoms with Crippen molar-refractivity contribution in [3.8, 4) is 5.75 Å². The van der Waals surface area contributed by atoms with Crippen LogP contribution in [0.2, 0.25) is 0 Å². The molecule has 0 aliphatic rings.